The van der Waals surface area contributed by atoms with Crippen molar-refractivity contribution in [2.24, 2.45) is 5.92 Å². The summed E-state index contributed by atoms with van der Waals surface area (Å²) in [6.07, 6.45) is 6.92. The third kappa shape index (κ3) is 2.85. The van der Waals surface area contributed by atoms with Crippen molar-refractivity contribution in [3.63, 3.8) is 0 Å². The van der Waals surface area contributed by atoms with Crippen LogP contribution in [0.15, 0.2) is 12.3 Å². The molecule has 0 aliphatic carbocycles. The van der Waals surface area contributed by atoms with Gasteiger partial charge >= 0.3 is 0 Å². The van der Waals surface area contributed by atoms with Gasteiger partial charge in [-0.3, -0.25) is 0 Å². The van der Waals surface area contributed by atoms with E-state index >= 15 is 0 Å². The van der Waals surface area contributed by atoms with E-state index < -0.39 is 0 Å². The van der Waals surface area contributed by atoms with E-state index in [1.807, 2.05) is 6.07 Å². The lowest BCUT2D eigenvalue weighted by Crippen LogP contribution is -2.35. The Bertz CT molecular complexity index is 341. The molecule has 16 heavy (non-hydrogen) atoms. The van der Waals surface area contributed by atoms with Crippen LogP contribution in [-0.4, -0.2) is 23.1 Å². The minimum Gasteiger partial charge on any atom is -0.356 e. The fourth-order valence-electron chi connectivity index (χ4n) is 2.42. The van der Waals surface area contributed by atoms with Crippen molar-refractivity contribution >= 4 is 17.4 Å². The normalized spacial score (nSPS) is 21.1. The number of aromatic nitrogens is 2. The monoisotopic (exact) mass is 239 g/mol. The van der Waals surface area contributed by atoms with Gasteiger partial charge in [-0.05, 0) is 42.8 Å². The molecule has 2 heterocycles. The van der Waals surface area contributed by atoms with E-state index in [2.05, 4.69) is 21.8 Å². The third-order valence-electron chi connectivity index (χ3n) is 3.15. The fraction of sp³-hybridized carbons (Fsp3) is 0.667. The zero-order chi connectivity index (χ0) is 11.4. The van der Waals surface area contributed by atoms with Crippen LogP contribution in [0.1, 0.15) is 32.6 Å². The number of piperidine rings is 1. The zero-order valence-corrected chi connectivity index (χ0v) is 10.5. The van der Waals surface area contributed by atoms with Crippen molar-refractivity contribution in [1.29, 1.82) is 0 Å². The van der Waals surface area contributed by atoms with Crippen molar-refractivity contribution in [2.45, 2.75) is 32.6 Å². The van der Waals surface area contributed by atoms with E-state index in [1.165, 1.54) is 25.7 Å². The number of anilines is 1. The summed E-state index contributed by atoms with van der Waals surface area (Å²) in [6, 6.07) is 1.94. The van der Waals surface area contributed by atoms with Crippen LogP contribution in [0, 0.1) is 5.92 Å². The summed E-state index contributed by atoms with van der Waals surface area (Å²) in [7, 11) is 0. The molecule has 1 aliphatic rings. The van der Waals surface area contributed by atoms with Gasteiger partial charge in [0.05, 0.1) is 0 Å². The van der Waals surface area contributed by atoms with Crippen molar-refractivity contribution < 1.29 is 0 Å². The van der Waals surface area contributed by atoms with Crippen LogP contribution >= 0.6 is 11.6 Å². The lowest BCUT2D eigenvalue weighted by molar-refractivity contribution is 0.386. The van der Waals surface area contributed by atoms with Crippen molar-refractivity contribution in [3.05, 3.63) is 17.5 Å². The van der Waals surface area contributed by atoms with Gasteiger partial charge in [-0.1, -0.05) is 13.3 Å². The highest BCUT2D eigenvalue weighted by molar-refractivity contribution is 6.28. The summed E-state index contributed by atoms with van der Waals surface area (Å²) in [6.45, 7) is 4.45. The minimum absolute atomic E-state index is 0.343. The molecule has 1 unspecified atom stereocenters. The highest BCUT2D eigenvalue weighted by Crippen LogP contribution is 2.24. The summed E-state index contributed by atoms with van der Waals surface area (Å²) in [5.41, 5.74) is 0. The van der Waals surface area contributed by atoms with Crippen LogP contribution in [0.4, 0.5) is 5.82 Å². The predicted molar refractivity (Wildman–Crippen MR) is 66.9 cm³/mol. The molecule has 1 atom stereocenters. The highest BCUT2D eigenvalue weighted by atomic mass is 35.5. The maximum absolute atomic E-state index is 5.81. The summed E-state index contributed by atoms with van der Waals surface area (Å²) in [5, 5.41) is 0.343. The largest absolute Gasteiger partial charge is 0.356 e. The van der Waals surface area contributed by atoms with Crippen LogP contribution in [-0.2, 0) is 0 Å². The first-order valence-corrected chi connectivity index (χ1v) is 6.41. The smallest absolute Gasteiger partial charge is 0.224 e. The Morgan fingerprint density at radius 1 is 1.56 bits per heavy atom. The van der Waals surface area contributed by atoms with E-state index in [-0.39, 0.29) is 0 Å². The van der Waals surface area contributed by atoms with Crippen molar-refractivity contribution in [3.8, 4) is 0 Å². The van der Waals surface area contributed by atoms with Gasteiger partial charge in [-0.2, -0.15) is 0 Å². The SMILES string of the molecule is CCCC1CCCN(c2ccnc(Cl)n2)C1. The van der Waals surface area contributed by atoms with E-state index in [1.54, 1.807) is 6.20 Å². The van der Waals surface area contributed by atoms with Gasteiger partial charge in [-0.15, -0.1) is 0 Å². The van der Waals surface area contributed by atoms with E-state index in [4.69, 9.17) is 11.6 Å². The van der Waals surface area contributed by atoms with Crippen LogP contribution in [0.5, 0.6) is 0 Å². The molecule has 1 saturated heterocycles. The second kappa shape index (κ2) is 5.48. The van der Waals surface area contributed by atoms with Crippen LogP contribution in [0.2, 0.25) is 5.28 Å². The van der Waals surface area contributed by atoms with Gasteiger partial charge in [0.15, 0.2) is 0 Å². The van der Waals surface area contributed by atoms with Crippen LogP contribution in [0.25, 0.3) is 0 Å². The first-order valence-electron chi connectivity index (χ1n) is 6.03. The van der Waals surface area contributed by atoms with Crippen molar-refractivity contribution in [1.82, 2.24) is 9.97 Å². The van der Waals surface area contributed by atoms with Gasteiger partial charge in [0, 0.05) is 19.3 Å². The molecule has 0 radical (unpaired) electrons. The van der Waals surface area contributed by atoms with Gasteiger partial charge in [-0.25, -0.2) is 9.97 Å². The average molecular weight is 240 g/mol. The number of halogens is 1. The molecule has 3 nitrogen and oxygen atoms in total. The van der Waals surface area contributed by atoms with Gasteiger partial charge < -0.3 is 4.90 Å². The quantitative estimate of drug-likeness (QED) is 0.759. The molecule has 0 spiro atoms. The topological polar surface area (TPSA) is 29.0 Å². The molecule has 0 bridgehead atoms. The minimum atomic E-state index is 0.343. The molecule has 0 N–H and O–H groups in total. The Balaban J connectivity index is 2.03. The first-order chi connectivity index (χ1) is 7.79. The first kappa shape index (κ1) is 11.6. The van der Waals surface area contributed by atoms with Gasteiger partial charge in [0.1, 0.15) is 5.82 Å². The lowest BCUT2D eigenvalue weighted by atomic mass is 9.94. The van der Waals surface area contributed by atoms with Crippen LogP contribution < -0.4 is 4.90 Å². The second-order valence-corrected chi connectivity index (χ2v) is 4.76. The Hall–Kier alpha value is -0.830. The highest BCUT2D eigenvalue weighted by Gasteiger charge is 2.20. The molecule has 1 aliphatic heterocycles. The summed E-state index contributed by atoms with van der Waals surface area (Å²) >= 11 is 5.81. The summed E-state index contributed by atoms with van der Waals surface area (Å²) in [5.74, 6) is 1.79. The fourth-order valence-corrected chi connectivity index (χ4v) is 2.56. The molecule has 1 fully saturated rings. The Morgan fingerprint density at radius 2 is 2.44 bits per heavy atom. The lowest BCUT2D eigenvalue weighted by Gasteiger charge is -2.33. The number of nitrogens with zero attached hydrogens (tertiary/aromatic N) is 3. The Morgan fingerprint density at radius 3 is 3.19 bits per heavy atom. The summed E-state index contributed by atoms with van der Waals surface area (Å²) in [4.78, 5) is 10.5. The van der Waals surface area contributed by atoms with Crippen molar-refractivity contribution in [2.75, 3.05) is 18.0 Å². The Labute approximate surface area is 102 Å². The second-order valence-electron chi connectivity index (χ2n) is 4.43. The molecule has 1 aromatic rings. The molecule has 88 valence electrons. The Kier molecular flexibility index (Phi) is 3.99. The molecular weight excluding hydrogens is 222 g/mol. The molecule has 0 saturated carbocycles. The van der Waals surface area contributed by atoms with Gasteiger partial charge in [0.25, 0.3) is 0 Å². The molecular formula is C12H18ClN3. The standard InChI is InChI=1S/C12H18ClN3/c1-2-4-10-5-3-8-16(9-10)11-6-7-14-12(13)15-11/h6-7,10H,2-5,8-9H2,1H3. The van der Waals surface area contributed by atoms with E-state index in [0.29, 0.717) is 5.28 Å². The van der Waals surface area contributed by atoms with Gasteiger partial charge in [0.2, 0.25) is 5.28 Å². The van der Waals surface area contributed by atoms with Crippen LogP contribution in [0.3, 0.4) is 0 Å². The number of rotatable bonds is 3. The molecule has 1 aromatic heterocycles. The molecule has 2 rings (SSSR count). The van der Waals surface area contributed by atoms with E-state index in [9.17, 15) is 0 Å². The maximum Gasteiger partial charge on any atom is 0.224 e. The molecule has 4 heteroatoms. The average Bonchev–Trinajstić information content (AvgIpc) is 2.30. The maximum atomic E-state index is 5.81. The predicted octanol–water partition coefficient (Wildman–Crippen LogP) is 3.15. The zero-order valence-electron chi connectivity index (χ0n) is 9.69. The number of hydrogen-bond acceptors (Lipinski definition) is 3. The van der Waals surface area contributed by atoms with E-state index in [0.717, 1.165) is 24.8 Å². The molecule has 0 aromatic carbocycles. The third-order valence-corrected chi connectivity index (χ3v) is 3.33. The number of hydrogen-bond donors (Lipinski definition) is 0. The molecule has 0 amide bonds. The summed E-state index contributed by atoms with van der Waals surface area (Å²) < 4.78 is 0.